The van der Waals surface area contributed by atoms with E-state index < -0.39 is 29.4 Å². The Labute approximate surface area is 153 Å². The topological polar surface area (TPSA) is 119 Å². The van der Waals surface area contributed by atoms with Gasteiger partial charge in [-0.3, -0.25) is 19.7 Å². The molecule has 26 heavy (non-hydrogen) atoms. The molecule has 9 nitrogen and oxygen atoms in total. The van der Waals surface area contributed by atoms with E-state index in [1.54, 1.807) is 16.7 Å². The number of rotatable bonds is 5. The third-order valence-corrected chi connectivity index (χ3v) is 5.93. The van der Waals surface area contributed by atoms with Crippen LogP contribution in [0.2, 0.25) is 0 Å². The largest absolute Gasteiger partial charge is 0.454 e. The van der Waals surface area contributed by atoms with Crippen LogP contribution in [0.4, 0.5) is 11.4 Å². The number of non-ortho nitro benzene ring substituents is 1. The molecule has 1 aromatic carbocycles. The molecule has 2 fully saturated rings. The quantitative estimate of drug-likeness (QED) is 0.468. The molecule has 0 spiro atoms. The fourth-order valence-electron chi connectivity index (χ4n) is 3.09. The summed E-state index contributed by atoms with van der Waals surface area (Å²) in [6.07, 6.45) is 1.11. The summed E-state index contributed by atoms with van der Waals surface area (Å²) < 4.78 is 5.06. The van der Waals surface area contributed by atoms with E-state index in [0.717, 1.165) is 0 Å². The standard InChI is InChI=1S/C16H17N3O6S/c1-16-7-6-14(21)18(16)12(9-26-16)15(22)25-8-13(20)17-10-2-4-11(5-3-10)19(23)24/h2-5,12H,6-9H2,1H3,(H,17,20)/t12-,16+/m1/s1. The number of amides is 2. The van der Waals surface area contributed by atoms with Crippen LogP contribution in [0.5, 0.6) is 0 Å². The van der Waals surface area contributed by atoms with Crippen molar-refractivity contribution >= 4 is 40.9 Å². The lowest BCUT2D eigenvalue weighted by molar-refractivity contribution is -0.384. The number of fused-ring (bicyclic) bond motifs is 1. The van der Waals surface area contributed by atoms with E-state index in [0.29, 0.717) is 24.3 Å². The number of carbonyl (C=O) groups excluding carboxylic acids is 3. The lowest BCUT2D eigenvalue weighted by atomic mass is 10.2. The molecule has 1 aromatic rings. The van der Waals surface area contributed by atoms with Crippen molar-refractivity contribution in [1.29, 1.82) is 0 Å². The van der Waals surface area contributed by atoms with Crippen molar-refractivity contribution < 1.29 is 24.0 Å². The van der Waals surface area contributed by atoms with Crippen LogP contribution >= 0.6 is 11.8 Å². The zero-order valence-corrected chi connectivity index (χ0v) is 14.8. The number of nitro benzene ring substituents is 1. The summed E-state index contributed by atoms with van der Waals surface area (Å²) >= 11 is 1.54. The third-order valence-electron chi connectivity index (χ3n) is 4.42. The van der Waals surface area contributed by atoms with Gasteiger partial charge in [-0.15, -0.1) is 11.8 Å². The molecular formula is C16H17N3O6S. The maximum absolute atomic E-state index is 12.3. The van der Waals surface area contributed by atoms with E-state index in [-0.39, 0.29) is 16.5 Å². The zero-order valence-electron chi connectivity index (χ0n) is 14.0. The maximum Gasteiger partial charge on any atom is 0.330 e. The minimum absolute atomic E-state index is 0.0743. The minimum Gasteiger partial charge on any atom is -0.454 e. The van der Waals surface area contributed by atoms with Gasteiger partial charge in [-0.25, -0.2) is 4.79 Å². The van der Waals surface area contributed by atoms with Gasteiger partial charge in [0.15, 0.2) is 6.61 Å². The van der Waals surface area contributed by atoms with Gasteiger partial charge in [0.2, 0.25) is 5.91 Å². The van der Waals surface area contributed by atoms with E-state index >= 15 is 0 Å². The SMILES string of the molecule is C[C@]12CCC(=O)N1[C@@H](C(=O)OCC(=O)Nc1ccc([N+](=O)[O-])cc1)CS2. The molecule has 3 rings (SSSR count). The molecule has 2 aliphatic heterocycles. The molecule has 138 valence electrons. The number of ether oxygens (including phenoxy) is 1. The summed E-state index contributed by atoms with van der Waals surface area (Å²) in [6.45, 7) is 1.44. The van der Waals surface area contributed by atoms with Crippen LogP contribution in [0.1, 0.15) is 19.8 Å². The first kappa shape index (κ1) is 18.2. The van der Waals surface area contributed by atoms with Crippen LogP contribution in [0.25, 0.3) is 0 Å². The zero-order chi connectivity index (χ0) is 18.9. The fraction of sp³-hybridized carbons (Fsp3) is 0.438. The number of nitrogens with one attached hydrogen (secondary N) is 1. The molecule has 2 heterocycles. The molecular weight excluding hydrogens is 362 g/mol. The number of benzene rings is 1. The van der Waals surface area contributed by atoms with Crippen LogP contribution in [0.15, 0.2) is 24.3 Å². The summed E-state index contributed by atoms with van der Waals surface area (Å²) in [5, 5.41) is 13.1. The Kier molecular flexibility index (Phi) is 4.86. The van der Waals surface area contributed by atoms with Crippen molar-refractivity contribution in [1.82, 2.24) is 4.90 Å². The second kappa shape index (κ2) is 6.94. The van der Waals surface area contributed by atoms with Crippen molar-refractivity contribution in [3.05, 3.63) is 34.4 Å². The number of thioether (sulfide) groups is 1. The van der Waals surface area contributed by atoms with Crippen LogP contribution < -0.4 is 5.32 Å². The van der Waals surface area contributed by atoms with Crippen LogP contribution in [-0.4, -0.2) is 50.9 Å². The second-order valence-electron chi connectivity index (χ2n) is 6.23. The van der Waals surface area contributed by atoms with Gasteiger partial charge >= 0.3 is 5.97 Å². The molecule has 1 N–H and O–H groups in total. The predicted molar refractivity (Wildman–Crippen MR) is 93.4 cm³/mol. The van der Waals surface area contributed by atoms with Crippen LogP contribution in [-0.2, 0) is 19.1 Å². The van der Waals surface area contributed by atoms with Gasteiger partial charge in [-0.05, 0) is 25.5 Å². The molecule has 0 aromatic heterocycles. The third kappa shape index (κ3) is 3.50. The Bertz CT molecular complexity index is 768. The second-order valence-corrected chi connectivity index (χ2v) is 7.73. The Balaban J connectivity index is 1.52. The highest BCUT2D eigenvalue weighted by Crippen LogP contribution is 2.47. The highest BCUT2D eigenvalue weighted by atomic mass is 32.2. The molecule has 0 bridgehead atoms. The molecule has 2 atom stereocenters. The van der Waals surface area contributed by atoms with E-state index in [1.807, 2.05) is 6.92 Å². The van der Waals surface area contributed by atoms with Gasteiger partial charge < -0.3 is 15.0 Å². The molecule has 0 radical (unpaired) electrons. The highest BCUT2D eigenvalue weighted by molar-refractivity contribution is 8.01. The molecule has 0 saturated carbocycles. The Morgan fingerprint density at radius 1 is 1.42 bits per heavy atom. The van der Waals surface area contributed by atoms with E-state index in [9.17, 15) is 24.5 Å². The van der Waals surface area contributed by atoms with Gasteiger partial charge in [-0.1, -0.05) is 0 Å². The Hall–Kier alpha value is -2.62. The van der Waals surface area contributed by atoms with Gasteiger partial charge in [-0.2, -0.15) is 0 Å². The van der Waals surface area contributed by atoms with Crippen LogP contribution in [0.3, 0.4) is 0 Å². The van der Waals surface area contributed by atoms with Crippen molar-refractivity contribution in [3.63, 3.8) is 0 Å². The minimum atomic E-state index is -0.674. The summed E-state index contributed by atoms with van der Waals surface area (Å²) in [6, 6.07) is 4.63. The highest BCUT2D eigenvalue weighted by Gasteiger charge is 2.53. The van der Waals surface area contributed by atoms with Crippen LogP contribution in [0, 0.1) is 10.1 Å². The monoisotopic (exact) mass is 379 g/mol. The van der Waals surface area contributed by atoms with E-state index in [2.05, 4.69) is 5.32 Å². The number of carbonyl (C=O) groups is 3. The van der Waals surface area contributed by atoms with Crippen molar-refractivity contribution in [3.8, 4) is 0 Å². The average Bonchev–Trinajstić information content (AvgIpc) is 3.09. The van der Waals surface area contributed by atoms with Crippen molar-refractivity contribution in [2.24, 2.45) is 0 Å². The number of nitro groups is 1. The first-order chi connectivity index (χ1) is 12.3. The maximum atomic E-state index is 12.3. The summed E-state index contributed by atoms with van der Waals surface area (Å²) in [7, 11) is 0. The number of esters is 1. The Morgan fingerprint density at radius 3 is 2.77 bits per heavy atom. The lowest BCUT2D eigenvalue weighted by Gasteiger charge is -2.29. The van der Waals surface area contributed by atoms with E-state index in [1.165, 1.54) is 24.3 Å². The number of nitrogens with zero attached hydrogens (tertiary/aromatic N) is 2. The first-order valence-electron chi connectivity index (χ1n) is 7.97. The molecule has 2 amide bonds. The lowest BCUT2D eigenvalue weighted by Crippen LogP contribution is -2.47. The molecule has 0 aliphatic carbocycles. The molecule has 2 saturated heterocycles. The average molecular weight is 379 g/mol. The molecule has 0 unspecified atom stereocenters. The fourth-order valence-corrected chi connectivity index (χ4v) is 4.51. The van der Waals surface area contributed by atoms with Gasteiger partial charge in [0, 0.05) is 30.0 Å². The summed E-state index contributed by atoms with van der Waals surface area (Å²) in [5.41, 5.74) is 0.266. The van der Waals surface area contributed by atoms with Gasteiger partial charge in [0.05, 0.1) is 9.79 Å². The van der Waals surface area contributed by atoms with Gasteiger partial charge in [0.25, 0.3) is 11.6 Å². The van der Waals surface area contributed by atoms with Crippen molar-refractivity contribution in [2.75, 3.05) is 17.7 Å². The Morgan fingerprint density at radius 2 is 2.12 bits per heavy atom. The first-order valence-corrected chi connectivity index (χ1v) is 8.96. The summed E-state index contributed by atoms with van der Waals surface area (Å²) in [4.78, 5) is 47.4. The predicted octanol–water partition coefficient (Wildman–Crippen LogP) is 1.53. The normalized spacial score (nSPS) is 24.3. The number of hydrogen-bond donors (Lipinski definition) is 1. The molecule has 2 aliphatic rings. The van der Waals surface area contributed by atoms with Gasteiger partial charge in [0.1, 0.15) is 6.04 Å². The van der Waals surface area contributed by atoms with Crippen molar-refractivity contribution in [2.45, 2.75) is 30.7 Å². The molecule has 10 heteroatoms. The smallest absolute Gasteiger partial charge is 0.330 e. The number of hydrogen-bond acceptors (Lipinski definition) is 7. The number of anilines is 1. The summed E-state index contributed by atoms with van der Waals surface area (Å²) in [5.74, 6) is -0.788. The van der Waals surface area contributed by atoms with E-state index in [4.69, 9.17) is 4.74 Å².